The number of allylic oxidation sites excluding steroid dienone is 3. The summed E-state index contributed by atoms with van der Waals surface area (Å²) in [6.45, 7) is 1.60. The first-order chi connectivity index (χ1) is 11.0. The van der Waals surface area contributed by atoms with Gasteiger partial charge in [-0.05, 0) is 31.1 Å². The van der Waals surface area contributed by atoms with Crippen LogP contribution in [0.2, 0.25) is 0 Å². The van der Waals surface area contributed by atoms with E-state index in [-0.39, 0.29) is 17.7 Å². The average Bonchev–Trinajstić information content (AvgIpc) is 2.53. The number of fused-ring (bicyclic) bond motifs is 1. The molecule has 0 radical (unpaired) electrons. The maximum Gasteiger partial charge on any atom is 0.238 e. The predicted molar refractivity (Wildman–Crippen MR) is 86.7 cm³/mol. The summed E-state index contributed by atoms with van der Waals surface area (Å²) in [5.41, 5.74) is 2.26. The summed E-state index contributed by atoms with van der Waals surface area (Å²) in [6, 6.07) is 0.323. The molecule has 2 aliphatic carbocycles. The number of carbonyl (C=O) groups is 1. The lowest BCUT2D eigenvalue weighted by atomic mass is 9.72. The minimum Gasteiger partial charge on any atom is -0.366 e. The first-order valence-corrected chi connectivity index (χ1v) is 8.51. The summed E-state index contributed by atoms with van der Waals surface area (Å²) in [7, 11) is 0. The normalized spacial score (nSPS) is 36.5. The van der Waals surface area contributed by atoms with E-state index in [2.05, 4.69) is 34.6 Å². The lowest BCUT2D eigenvalue weighted by Gasteiger charge is -2.50. The third-order valence-corrected chi connectivity index (χ3v) is 5.54. The zero-order valence-electron chi connectivity index (χ0n) is 13.4. The van der Waals surface area contributed by atoms with Gasteiger partial charge in [0, 0.05) is 32.0 Å². The average molecular weight is 321 g/mol. The maximum absolute atomic E-state index is 12.0. The molecular formula is C17H27N3O3. The van der Waals surface area contributed by atoms with Gasteiger partial charge in [0.1, 0.15) is 0 Å². The lowest BCUT2D eigenvalue weighted by molar-refractivity contribution is -0.207. The van der Waals surface area contributed by atoms with Crippen molar-refractivity contribution >= 4 is 5.91 Å². The maximum atomic E-state index is 12.0. The first kappa shape index (κ1) is 16.6. The van der Waals surface area contributed by atoms with Gasteiger partial charge in [0.05, 0.1) is 5.92 Å². The third-order valence-electron chi connectivity index (χ3n) is 5.54. The van der Waals surface area contributed by atoms with Crippen molar-refractivity contribution < 1.29 is 15.0 Å². The topological polar surface area (TPSA) is 98.8 Å². The van der Waals surface area contributed by atoms with E-state index in [1.54, 1.807) is 0 Å². The third kappa shape index (κ3) is 3.83. The Morgan fingerprint density at radius 2 is 2.22 bits per heavy atom. The molecule has 5 N–H and O–H groups in total. The number of hydrogen-bond donors (Lipinski definition) is 4. The molecule has 0 aromatic heterocycles. The zero-order valence-corrected chi connectivity index (χ0v) is 13.4. The summed E-state index contributed by atoms with van der Waals surface area (Å²) in [4.78, 5) is 14.4. The Balaban J connectivity index is 1.73. The number of amides is 1. The molecule has 23 heavy (non-hydrogen) atoms. The molecule has 0 aromatic rings. The quantitative estimate of drug-likeness (QED) is 0.259. The highest BCUT2D eigenvalue weighted by Gasteiger charge is 2.46. The van der Waals surface area contributed by atoms with Gasteiger partial charge in [-0.25, -0.2) is 5.84 Å². The molecule has 3 rings (SSSR count). The monoisotopic (exact) mass is 321 g/mol. The van der Waals surface area contributed by atoms with Crippen LogP contribution < -0.4 is 11.3 Å². The van der Waals surface area contributed by atoms with Crippen molar-refractivity contribution in [1.82, 2.24) is 10.3 Å². The molecule has 0 aromatic carbocycles. The minimum absolute atomic E-state index is 0.123. The Bertz CT molecular complexity index is 503. The fourth-order valence-corrected chi connectivity index (χ4v) is 4.44. The van der Waals surface area contributed by atoms with Crippen LogP contribution in [0, 0.1) is 17.8 Å². The van der Waals surface area contributed by atoms with Crippen LogP contribution in [-0.4, -0.2) is 45.9 Å². The second-order valence-electron chi connectivity index (χ2n) is 7.26. The van der Waals surface area contributed by atoms with Crippen molar-refractivity contribution in [3.63, 3.8) is 0 Å². The van der Waals surface area contributed by atoms with Crippen LogP contribution in [0.1, 0.15) is 32.1 Å². The summed E-state index contributed by atoms with van der Waals surface area (Å²) >= 11 is 0. The summed E-state index contributed by atoms with van der Waals surface area (Å²) in [5, 5.41) is 20.0. The van der Waals surface area contributed by atoms with Crippen molar-refractivity contribution in [2.75, 3.05) is 13.1 Å². The zero-order chi connectivity index (χ0) is 16.4. The molecule has 1 amide bonds. The number of likely N-dealkylation sites (tertiary alicyclic amines) is 1. The summed E-state index contributed by atoms with van der Waals surface area (Å²) in [6.07, 6.45) is 11.7. The highest BCUT2D eigenvalue weighted by atomic mass is 16.5. The Labute approximate surface area is 137 Å². The summed E-state index contributed by atoms with van der Waals surface area (Å²) in [5.74, 6) is 3.96. The van der Waals surface area contributed by atoms with E-state index in [1.807, 2.05) is 0 Å². The van der Waals surface area contributed by atoms with E-state index in [4.69, 9.17) is 5.84 Å². The number of nitrogens with zero attached hydrogens (tertiary/aromatic N) is 1. The molecule has 4 atom stereocenters. The number of aliphatic hydroxyl groups is 2. The molecule has 0 spiro atoms. The number of rotatable bonds is 3. The fourth-order valence-electron chi connectivity index (χ4n) is 4.44. The van der Waals surface area contributed by atoms with Gasteiger partial charge in [-0.15, -0.1) is 0 Å². The Kier molecular flexibility index (Phi) is 4.87. The van der Waals surface area contributed by atoms with Gasteiger partial charge >= 0.3 is 0 Å². The number of carbonyl (C=O) groups excluding carboxylic acids is 1. The molecule has 128 valence electrons. The summed E-state index contributed by atoms with van der Waals surface area (Å²) < 4.78 is 0. The van der Waals surface area contributed by atoms with Gasteiger partial charge in [0.2, 0.25) is 5.91 Å². The smallest absolute Gasteiger partial charge is 0.238 e. The Hall–Kier alpha value is -1.21. The van der Waals surface area contributed by atoms with Crippen molar-refractivity contribution in [3.05, 3.63) is 24.3 Å². The molecule has 1 unspecified atom stereocenters. The van der Waals surface area contributed by atoms with E-state index < -0.39 is 5.79 Å². The van der Waals surface area contributed by atoms with E-state index in [0.717, 1.165) is 19.4 Å². The van der Waals surface area contributed by atoms with Crippen LogP contribution in [0.25, 0.3) is 0 Å². The van der Waals surface area contributed by atoms with Crippen LogP contribution in [0.15, 0.2) is 24.3 Å². The molecule has 3 aliphatic rings. The van der Waals surface area contributed by atoms with Gasteiger partial charge in [-0.2, -0.15) is 0 Å². The molecule has 6 heteroatoms. The van der Waals surface area contributed by atoms with Gasteiger partial charge in [0.25, 0.3) is 0 Å². The van der Waals surface area contributed by atoms with Crippen LogP contribution in [-0.2, 0) is 4.79 Å². The molecule has 1 heterocycles. The Morgan fingerprint density at radius 3 is 2.91 bits per heavy atom. The first-order valence-electron chi connectivity index (χ1n) is 8.51. The van der Waals surface area contributed by atoms with Crippen molar-refractivity contribution in [2.45, 2.75) is 43.9 Å². The minimum atomic E-state index is -1.60. The van der Waals surface area contributed by atoms with E-state index >= 15 is 0 Å². The predicted octanol–water partition coefficient (Wildman–Crippen LogP) is 0.280. The molecule has 1 aliphatic heterocycles. The number of hydrogen-bond acceptors (Lipinski definition) is 5. The molecule has 2 fully saturated rings. The standard InChI is InChI=1S/C17H27N3O3/c18-19-16(21)14-8-13-9-17(22,23)7-6-15(13)20(11-14)10-12-4-2-1-3-5-12/h1-4,12-15,22-23H,5-11,18H2,(H,19,21)/t12?,13-,14+,15-/m1/s1. The van der Waals surface area contributed by atoms with Crippen LogP contribution >= 0.6 is 0 Å². The second kappa shape index (κ2) is 6.73. The SMILES string of the molecule is NNC(=O)[C@H]1C[C@@H]2CC(O)(O)CC[C@H]2N(CC2C=CC=CC2)C1. The Morgan fingerprint density at radius 1 is 1.39 bits per heavy atom. The van der Waals surface area contributed by atoms with Crippen molar-refractivity contribution in [2.24, 2.45) is 23.6 Å². The molecule has 1 saturated carbocycles. The molecule has 1 saturated heterocycles. The van der Waals surface area contributed by atoms with E-state index in [9.17, 15) is 15.0 Å². The van der Waals surface area contributed by atoms with Crippen LogP contribution in [0.5, 0.6) is 0 Å². The highest BCUT2D eigenvalue weighted by Crippen LogP contribution is 2.41. The second-order valence-corrected chi connectivity index (χ2v) is 7.26. The number of hydrazine groups is 1. The molecule has 6 nitrogen and oxygen atoms in total. The van der Waals surface area contributed by atoms with Gasteiger partial charge in [-0.3, -0.25) is 15.1 Å². The highest BCUT2D eigenvalue weighted by molar-refractivity contribution is 5.78. The molecular weight excluding hydrogens is 294 g/mol. The van der Waals surface area contributed by atoms with Crippen molar-refractivity contribution in [1.29, 1.82) is 0 Å². The van der Waals surface area contributed by atoms with Gasteiger partial charge in [-0.1, -0.05) is 24.3 Å². The number of nitrogens with one attached hydrogen (secondary N) is 1. The van der Waals surface area contributed by atoms with E-state index in [1.165, 1.54) is 0 Å². The largest absolute Gasteiger partial charge is 0.366 e. The van der Waals surface area contributed by atoms with Crippen molar-refractivity contribution in [3.8, 4) is 0 Å². The van der Waals surface area contributed by atoms with E-state index in [0.29, 0.717) is 37.8 Å². The van der Waals surface area contributed by atoms with Crippen LogP contribution in [0.3, 0.4) is 0 Å². The number of piperidine rings is 1. The fraction of sp³-hybridized carbons (Fsp3) is 0.706. The lowest BCUT2D eigenvalue weighted by Crippen LogP contribution is -2.57. The van der Waals surface area contributed by atoms with Crippen LogP contribution in [0.4, 0.5) is 0 Å². The van der Waals surface area contributed by atoms with Gasteiger partial charge in [0.15, 0.2) is 5.79 Å². The van der Waals surface area contributed by atoms with Gasteiger partial charge < -0.3 is 10.2 Å². The number of nitrogens with two attached hydrogens (primary N) is 1. The molecule has 0 bridgehead atoms.